The smallest absolute Gasteiger partial charge is 0.490 e. The molecule has 0 bridgehead atoms. The highest BCUT2D eigenvalue weighted by Gasteiger charge is 2.41. The van der Waals surface area contributed by atoms with Gasteiger partial charge in [0, 0.05) is 31.1 Å². The molecule has 2 fully saturated rings. The van der Waals surface area contributed by atoms with Crippen molar-refractivity contribution in [1.82, 2.24) is 20.1 Å². The molecule has 0 spiro atoms. The number of carbonyl (C=O) groups excluding carboxylic acids is 3. The summed E-state index contributed by atoms with van der Waals surface area (Å²) in [4.78, 5) is 68.7. The SMILES string of the molecule is C[C@@H](C(=O)N[C@H](C(=O)N1CCC[C@H]1c1nc(C(=O)c2cccc(OCCOCCOCCOCCOCCOCCN)c2)cs1)C1CCCCC1)N(C)C(=O)O.O=C(O)C(F)(F)F. The number of alkyl halides is 3. The third-order valence-corrected chi connectivity index (χ3v) is 11.1. The van der Waals surface area contributed by atoms with Gasteiger partial charge in [-0.1, -0.05) is 31.4 Å². The highest BCUT2D eigenvalue weighted by Crippen LogP contribution is 2.37. The molecule has 1 aliphatic heterocycles. The maximum absolute atomic E-state index is 14.2. The van der Waals surface area contributed by atoms with Gasteiger partial charge in [0.1, 0.15) is 35.1 Å². The van der Waals surface area contributed by atoms with Crippen LogP contribution in [0.5, 0.6) is 5.75 Å². The van der Waals surface area contributed by atoms with Crippen molar-refractivity contribution in [2.45, 2.75) is 76.2 Å². The standard InChI is InChI=1S/C39H59N5O11S.C2HF3O2/c1-28(43(2)39(48)49)36(46)42-34(29-8-4-3-5-9-29)38(47)44-14-7-12-33(44)37-41-32(27-56-37)35(45)30-10-6-11-31(26-30)55-25-24-54-23-22-53-21-20-52-19-18-51-17-16-50-15-13-40;3-2(4,5)1(6)7/h6,10-11,26-29,33-34H,3-5,7-9,12-25,40H2,1-2H3,(H,42,46)(H,48,49);(H,6,7)/t28-,33-,34-;/m0./s1. The number of hydrogen-bond donors (Lipinski definition) is 4. The summed E-state index contributed by atoms with van der Waals surface area (Å²) in [5.74, 6) is -3.21. The Hall–Kier alpha value is -4.45. The van der Waals surface area contributed by atoms with Gasteiger partial charge >= 0.3 is 18.2 Å². The maximum Gasteiger partial charge on any atom is 0.490 e. The predicted octanol–water partition coefficient (Wildman–Crippen LogP) is 4.15. The zero-order chi connectivity index (χ0) is 46.2. The Kier molecular flexibility index (Phi) is 23.8. The normalized spacial score (nSPS) is 16.4. The first kappa shape index (κ1) is 52.9. The van der Waals surface area contributed by atoms with Crippen LogP contribution in [0.25, 0.3) is 0 Å². The van der Waals surface area contributed by atoms with Crippen molar-refractivity contribution in [1.29, 1.82) is 0 Å². The van der Waals surface area contributed by atoms with Gasteiger partial charge in [-0.25, -0.2) is 14.6 Å². The lowest BCUT2D eigenvalue weighted by atomic mass is 9.83. The van der Waals surface area contributed by atoms with E-state index in [0.29, 0.717) is 109 Å². The van der Waals surface area contributed by atoms with E-state index >= 15 is 0 Å². The molecule has 0 unspecified atom stereocenters. The molecule has 4 rings (SSSR count). The fourth-order valence-electron chi connectivity index (χ4n) is 6.63. The summed E-state index contributed by atoms with van der Waals surface area (Å²) in [5, 5.41) is 21.8. The molecule has 18 nitrogen and oxygen atoms in total. The van der Waals surface area contributed by atoms with E-state index in [4.69, 9.17) is 49.0 Å². The molecule has 2 aliphatic rings. The van der Waals surface area contributed by atoms with Crippen molar-refractivity contribution in [2.24, 2.45) is 11.7 Å². The average molecular weight is 920 g/mol. The first-order chi connectivity index (χ1) is 30.1. The van der Waals surface area contributed by atoms with Crippen LogP contribution in [0.15, 0.2) is 29.6 Å². The summed E-state index contributed by atoms with van der Waals surface area (Å²) in [7, 11) is 1.34. The topological polar surface area (TPSA) is 239 Å². The van der Waals surface area contributed by atoms with Crippen LogP contribution in [0.3, 0.4) is 0 Å². The number of ether oxygens (including phenoxy) is 6. The zero-order valence-electron chi connectivity index (χ0n) is 35.7. The summed E-state index contributed by atoms with van der Waals surface area (Å²) in [6.07, 6.45) is -0.228. The Morgan fingerprint density at radius 2 is 1.43 bits per heavy atom. The van der Waals surface area contributed by atoms with E-state index in [1.54, 1.807) is 34.5 Å². The van der Waals surface area contributed by atoms with Crippen LogP contribution in [-0.4, -0.2) is 166 Å². The number of aromatic nitrogens is 1. The highest BCUT2D eigenvalue weighted by atomic mass is 32.1. The van der Waals surface area contributed by atoms with Crippen LogP contribution >= 0.6 is 11.3 Å². The molecular formula is C41H60F3N5O13S. The fraction of sp³-hybridized carbons (Fsp3) is 0.659. The highest BCUT2D eigenvalue weighted by molar-refractivity contribution is 7.10. The minimum Gasteiger partial charge on any atom is -0.491 e. The molecule has 3 atom stereocenters. The number of hydrogen-bond acceptors (Lipinski definition) is 14. The van der Waals surface area contributed by atoms with Gasteiger partial charge in [0.25, 0.3) is 0 Å². The number of amides is 3. The Labute approximate surface area is 368 Å². The zero-order valence-corrected chi connectivity index (χ0v) is 36.5. The number of nitrogens with two attached hydrogens (primary N) is 1. The number of benzene rings is 1. The first-order valence-electron chi connectivity index (χ1n) is 20.8. The monoisotopic (exact) mass is 919 g/mol. The number of rotatable bonds is 26. The number of aliphatic carboxylic acids is 1. The number of likely N-dealkylation sites (tertiary alicyclic amines) is 1. The Bertz CT molecular complexity index is 1720. The summed E-state index contributed by atoms with van der Waals surface area (Å²) in [6, 6.07) is 4.87. The third kappa shape index (κ3) is 18.7. The summed E-state index contributed by atoms with van der Waals surface area (Å²) in [5.41, 5.74) is 6.07. The number of carboxylic acids is 1. The number of nitrogens with zero attached hydrogens (tertiary/aromatic N) is 3. The van der Waals surface area contributed by atoms with E-state index in [2.05, 4.69) is 5.32 Å². The van der Waals surface area contributed by atoms with Crippen molar-refractivity contribution >= 4 is 41.0 Å². The summed E-state index contributed by atoms with van der Waals surface area (Å²) >= 11 is 1.34. The van der Waals surface area contributed by atoms with Crippen molar-refractivity contribution in [3.8, 4) is 5.75 Å². The first-order valence-corrected chi connectivity index (χ1v) is 21.7. The maximum atomic E-state index is 14.2. The quantitative estimate of drug-likeness (QED) is 0.0766. The van der Waals surface area contributed by atoms with Crippen molar-refractivity contribution < 1.29 is 75.8 Å². The van der Waals surface area contributed by atoms with Gasteiger partial charge in [0.05, 0.1) is 72.1 Å². The fourth-order valence-corrected chi connectivity index (χ4v) is 7.58. The van der Waals surface area contributed by atoms with Crippen LogP contribution in [0.4, 0.5) is 18.0 Å². The van der Waals surface area contributed by atoms with Gasteiger partial charge in [0.15, 0.2) is 0 Å². The summed E-state index contributed by atoms with van der Waals surface area (Å²) < 4.78 is 64.8. The van der Waals surface area contributed by atoms with Crippen LogP contribution in [-0.2, 0) is 38.1 Å². The van der Waals surface area contributed by atoms with Crippen molar-refractivity contribution in [3.63, 3.8) is 0 Å². The molecule has 22 heteroatoms. The molecule has 1 aromatic carbocycles. The van der Waals surface area contributed by atoms with Crippen LogP contribution in [0.2, 0.25) is 0 Å². The van der Waals surface area contributed by atoms with Gasteiger partial charge in [-0.05, 0) is 50.7 Å². The number of carbonyl (C=O) groups is 5. The molecule has 2 heterocycles. The predicted molar refractivity (Wildman–Crippen MR) is 222 cm³/mol. The minimum absolute atomic E-state index is 0.0431. The lowest BCUT2D eigenvalue weighted by Gasteiger charge is -2.35. The molecule has 1 saturated carbocycles. The molecule has 5 N–H and O–H groups in total. The number of ketones is 1. The van der Waals surface area contributed by atoms with Gasteiger partial charge in [-0.3, -0.25) is 19.3 Å². The van der Waals surface area contributed by atoms with E-state index in [-0.39, 0.29) is 29.3 Å². The molecule has 354 valence electrons. The lowest BCUT2D eigenvalue weighted by molar-refractivity contribution is -0.192. The molecule has 1 aromatic heterocycles. The van der Waals surface area contributed by atoms with E-state index < -0.39 is 36.2 Å². The van der Waals surface area contributed by atoms with Crippen LogP contribution < -0.4 is 15.8 Å². The molecule has 1 aliphatic carbocycles. The van der Waals surface area contributed by atoms with Crippen molar-refractivity contribution in [3.05, 3.63) is 45.9 Å². The molecule has 0 radical (unpaired) electrons. The van der Waals surface area contributed by atoms with E-state index in [1.165, 1.54) is 25.3 Å². The number of thiazole rings is 1. The number of nitrogens with one attached hydrogen (secondary N) is 1. The van der Waals surface area contributed by atoms with E-state index in [9.17, 15) is 37.5 Å². The van der Waals surface area contributed by atoms with Gasteiger partial charge in [-0.2, -0.15) is 13.2 Å². The molecule has 2 aromatic rings. The summed E-state index contributed by atoms with van der Waals surface area (Å²) in [6.45, 7) is 7.43. The largest absolute Gasteiger partial charge is 0.491 e. The lowest BCUT2D eigenvalue weighted by Crippen LogP contribution is -2.56. The van der Waals surface area contributed by atoms with Gasteiger partial charge in [0.2, 0.25) is 17.6 Å². The Morgan fingerprint density at radius 1 is 0.873 bits per heavy atom. The molecular weight excluding hydrogens is 860 g/mol. The van der Waals surface area contributed by atoms with E-state index in [0.717, 1.165) is 43.4 Å². The van der Waals surface area contributed by atoms with Crippen LogP contribution in [0.1, 0.15) is 79.0 Å². The van der Waals surface area contributed by atoms with Gasteiger partial charge in [-0.15, -0.1) is 11.3 Å². The molecule has 1 saturated heterocycles. The molecule has 3 amide bonds. The second-order valence-electron chi connectivity index (χ2n) is 14.6. The van der Waals surface area contributed by atoms with Crippen molar-refractivity contribution in [2.75, 3.05) is 92.8 Å². The average Bonchev–Trinajstić information content (AvgIpc) is 3.97. The van der Waals surface area contributed by atoms with Gasteiger partial charge < -0.3 is 54.6 Å². The minimum atomic E-state index is -5.08. The second kappa shape index (κ2) is 28.4. The Morgan fingerprint density at radius 3 is 1.97 bits per heavy atom. The van der Waals surface area contributed by atoms with E-state index in [1.807, 2.05) is 0 Å². The van der Waals surface area contributed by atoms with Crippen LogP contribution in [0, 0.1) is 5.92 Å². The Balaban J connectivity index is 0.00000139. The second-order valence-corrected chi connectivity index (χ2v) is 15.5. The number of halogens is 3. The number of likely N-dealkylation sites (N-methyl/N-ethyl adjacent to an activating group) is 1. The third-order valence-electron chi connectivity index (χ3n) is 10.1. The number of carboxylic acid groups (broad SMARTS) is 2. The molecule has 63 heavy (non-hydrogen) atoms.